The summed E-state index contributed by atoms with van der Waals surface area (Å²) < 4.78 is 24.9. The number of aliphatic hydroxyl groups is 1. The number of carbonyl (C=O) groups excluding carboxylic acids is 1. The highest BCUT2D eigenvalue weighted by molar-refractivity contribution is 7.21. The molecule has 0 aromatic carbocycles. The average Bonchev–Trinajstić information content (AvgIpc) is 2.75. The molecule has 0 unspecified atom stereocenters. The fraction of sp³-hybridized carbons (Fsp3) is 0.364. The van der Waals surface area contributed by atoms with E-state index in [9.17, 15) is 13.6 Å². The van der Waals surface area contributed by atoms with Gasteiger partial charge in [-0.1, -0.05) is 0 Å². The van der Waals surface area contributed by atoms with E-state index in [1.807, 2.05) is 0 Å². The van der Waals surface area contributed by atoms with Crippen LogP contribution in [0.5, 0.6) is 0 Å². The predicted octanol–water partition coefficient (Wildman–Crippen LogP) is 0.973. The van der Waals surface area contributed by atoms with Crippen LogP contribution in [0.3, 0.4) is 0 Å². The Morgan fingerprint density at radius 1 is 1.55 bits per heavy atom. The Kier molecular flexibility index (Phi) is 4.40. The summed E-state index contributed by atoms with van der Waals surface area (Å²) in [5, 5.41) is 16.9. The number of halogens is 2. The summed E-state index contributed by atoms with van der Waals surface area (Å²) >= 11 is 0.997. The van der Waals surface area contributed by atoms with Gasteiger partial charge in [-0.25, -0.2) is 8.78 Å². The first-order chi connectivity index (χ1) is 9.54. The zero-order valence-corrected chi connectivity index (χ0v) is 11.1. The van der Waals surface area contributed by atoms with Crippen molar-refractivity contribution in [3.8, 4) is 0 Å². The normalized spacial score (nSPS) is 11.2. The van der Waals surface area contributed by atoms with E-state index >= 15 is 0 Å². The molecule has 2 aromatic rings. The van der Waals surface area contributed by atoms with Crippen LogP contribution in [-0.4, -0.2) is 52.2 Å². The Morgan fingerprint density at radius 2 is 2.30 bits per heavy atom. The van der Waals surface area contributed by atoms with E-state index in [1.54, 1.807) is 6.07 Å². The van der Waals surface area contributed by atoms with Crippen molar-refractivity contribution in [1.29, 1.82) is 0 Å². The fourth-order valence-electron chi connectivity index (χ4n) is 1.74. The Balaban J connectivity index is 2.35. The minimum Gasteiger partial charge on any atom is -0.397 e. The predicted molar refractivity (Wildman–Crippen MR) is 70.8 cm³/mol. The highest BCUT2D eigenvalue weighted by Gasteiger charge is 2.24. The molecule has 0 bridgehead atoms. The second kappa shape index (κ2) is 6.06. The molecule has 0 aliphatic rings. The molecule has 0 aliphatic heterocycles. The quantitative estimate of drug-likeness (QED) is 0.858. The van der Waals surface area contributed by atoms with Gasteiger partial charge in [-0.15, -0.1) is 16.4 Å². The number of alkyl halides is 2. The number of aromatic nitrogens is 2. The van der Waals surface area contributed by atoms with Gasteiger partial charge in [-0.2, -0.15) is 5.10 Å². The van der Waals surface area contributed by atoms with E-state index in [0.29, 0.717) is 10.2 Å². The number of carbonyl (C=O) groups is 1. The summed E-state index contributed by atoms with van der Waals surface area (Å²) in [7, 11) is 0. The molecule has 0 fully saturated rings. The van der Waals surface area contributed by atoms with E-state index in [-0.39, 0.29) is 17.1 Å². The number of thiophene rings is 1. The van der Waals surface area contributed by atoms with Gasteiger partial charge in [0.2, 0.25) is 0 Å². The minimum absolute atomic E-state index is 0.134. The first-order valence-electron chi connectivity index (χ1n) is 5.72. The largest absolute Gasteiger partial charge is 0.397 e. The number of aliphatic hydroxyl groups excluding tert-OH is 1. The van der Waals surface area contributed by atoms with Gasteiger partial charge in [-0.3, -0.25) is 4.79 Å². The number of nitrogen functional groups attached to an aromatic ring is 1. The topological polar surface area (TPSA) is 92.3 Å². The monoisotopic (exact) mass is 302 g/mol. The van der Waals surface area contributed by atoms with Crippen LogP contribution in [0.15, 0.2) is 12.3 Å². The van der Waals surface area contributed by atoms with Crippen LogP contribution < -0.4 is 5.73 Å². The SMILES string of the molecule is Nc1c(C(=O)N(CCO)CC(F)F)sc2nnccc12. The summed E-state index contributed by atoms with van der Waals surface area (Å²) in [6, 6.07) is 1.61. The van der Waals surface area contributed by atoms with E-state index in [1.165, 1.54) is 6.20 Å². The molecule has 1 amide bonds. The smallest absolute Gasteiger partial charge is 0.266 e. The summed E-state index contributed by atoms with van der Waals surface area (Å²) in [6.45, 7) is -1.33. The number of hydrogen-bond acceptors (Lipinski definition) is 6. The number of nitrogens with zero attached hydrogens (tertiary/aromatic N) is 3. The van der Waals surface area contributed by atoms with Gasteiger partial charge in [0, 0.05) is 11.9 Å². The second-order valence-electron chi connectivity index (χ2n) is 3.96. The van der Waals surface area contributed by atoms with E-state index in [4.69, 9.17) is 10.8 Å². The summed E-state index contributed by atoms with van der Waals surface area (Å²) in [4.78, 5) is 13.7. The summed E-state index contributed by atoms with van der Waals surface area (Å²) in [5.41, 5.74) is 6.05. The van der Waals surface area contributed by atoms with Gasteiger partial charge in [0.25, 0.3) is 12.3 Å². The lowest BCUT2D eigenvalue weighted by Crippen LogP contribution is -2.37. The number of hydrogen-bond donors (Lipinski definition) is 2. The van der Waals surface area contributed by atoms with Crippen molar-refractivity contribution >= 4 is 33.1 Å². The summed E-state index contributed by atoms with van der Waals surface area (Å²) in [6.07, 6.45) is -1.24. The fourth-order valence-corrected chi connectivity index (χ4v) is 2.74. The lowest BCUT2D eigenvalue weighted by Gasteiger charge is -2.20. The van der Waals surface area contributed by atoms with Crippen molar-refractivity contribution < 1.29 is 18.7 Å². The molecule has 3 N–H and O–H groups in total. The van der Waals surface area contributed by atoms with E-state index in [0.717, 1.165) is 16.2 Å². The Morgan fingerprint density at radius 3 is 2.90 bits per heavy atom. The minimum atomic E-state index is -2.68. The van der Waals surface area contributed by atoms with Crippen LogP contribution in [-0.2, 0) is 0 Å². The maximum atomic E-state index is 12.5. The zero-order chi connectivity index (χ0) is 14.7. The van der Waals surface area contributed by atoms with Gasteiger partial charge in [0.05, 0.1) is 25.0 Å². The number of amides is 1. The molecule has 108 valence electrons. The third-order valence-corrected chi connectivity index (χ3v) is 3.72. The molecule has 0 radical (unpaired) electrons. The number of anilines is 1. The number of fused-ring (bicyclic) bond motifs is 1. The third kappa shape index (κ3) is 2.83. The van der Waals surface area contributed by atoms with Gasteiger partial charge in [0.15, 0.2) is 0 Å². The van der Waals surface area contributed by atoms with Gasteiger partial charge < -0.3 is 15.7 Å². The Hall–Kier alpha value is -1.87. The van der Waals surface area contributed by atoms with Crippen molar-refractivity contribution in [1.82, 2.24) is 15.1 Å². The standard InChI is InChI=1S/C11H12F2N4O2S/c12-7(13)5-17(3-4-18)11(19)9-8(14)6-1-2-15-16-10(6)20-9/h1-2,7,18H,3-5,14H2. The highest BCUT2D eigenvalue weighted by Crippen LogP contribution is 2.32. The molecular formula is C11H12F2N4O2S. The molecule has 0 spiro atoms. The molecule has 0 atom stereocenters. The Labute approximate surface area is 116 Å². The Bertz CT molecular complexity index is 619. The molecule has 2 rings (SSSR count). The van der Waals surface area contributed by atoms with Crippen molar-refractivity contribution in [2.75, 3.05) is 25.4 Å². The van der Waals surface area contributed by atoms with Crippen molar-refractivity contribution in [3.05, 3.63) is 17.1 Å². The number of nitrogens with two attached hydrogens (primary N) is 1. The molecule has 2 heterocycles. The first kappa shape index (κ1) is 14.5. The molecule has 20 heavy (non-hydrogen) atoms. The highest BCUT2D eigenvalue weighted by atomic mass is 32.1. The van der Waals surface area contributed by atoms with Crippen molar-refractivity contribution in [2.45, 2.75) is 6.43 Å². The average molecular weight is 302 g/mol. The van der Waals surface area contributed by atoms with Gasteiger partial charge in [-0.05, 0) is 6.07 Å². The van der Waals surface area contributed by atoms with Crippen LogP contribution in [0, 0.1) is 0 Å². The molecular weight excluding hydrogens is 290 g/mol. The van der Waals surface area contributed by atoms with Gasteiger partial charge in [0.1, 0.15) is 9.71 Å². The zero-order valence-electron chi connectivity index (χ0n) is 10.3. The van der Waals surface area contributed by atoms with E-state index < -0.39 is 25.5 Å². The van der Waals surface area contributed by atoms with Gasteiger partial charge >= 0.3 is 0 Å². The lowest BCUT2D eigenvalue weighted by molar-refractivity contribution is 0.0514. The van der Waals surface area contributed by atoms with Crippen molar-refractivity contribution in [2.24, 2.45) is 0 Å². The molecule has 9 heteroatoms. The van der Waals surface area contributed by atoms with Crippen LogP contribution >= 0.6 is 11.3 Å². The molecule has 2 aromatic heterocycles. The van der Waals surface area contributed by atoms with Crippen molar-refractivity contribution in [3.63, 3.8) is 0 Å². The maximum absolute atomic E-state index is 12.5. The van der Waals surface area contributed by atoms with Crippen LogP contribution in [0.25, 0.3) is 10.2 Å². The molecule has 0 saturated heterocycles. The van der Waals surface area contributed by atoms with Crippen LogP contribution in [0.4, 0.5) is 14.5 Å². The first-order valence-corrected chi connectivity index (χ1v) is 6.54. The maximum Gasteiger partial charge on any atom is 0.266 e. The second-order valence-corrected chi connectivity index (χ2v) is 4.96. The molecule has 0 aliphatic carbocycles. The van der Waals surface area contributed by atoms with E-state index in [2.05, 4.69) is 10.2 Å². The van der Waals surface area contributed by atoms with Crippen LogP contribution in [0.2, 0.25) is 0 Å². The molecule has 0 saturated carbocycles. The van der Waals surface area contributed by atoms with Crippen LogP contribution in [0.1, 0.15) is 9.67 Å². The summed E-state index contributed by atoms with van der Waals surface area (Å²) in [5.74, 6) is -0.639. The number of rotatable bonds is 5. The lowest BCUT2D eigenvalue weighted by atomic mass is 10.2. The third-order valence-electron chi connectivity index (χ3n) is 2.63. The molecule has 6 nitrogen and oxygen atoms in total.